The SMILES string of the molecule is CCCCOCC(=O)Nc1nc(-c2c(C)[nH]c3ccccc23)cs1. The Bertz CT molecular complexity index is 838. The summed E-state index contributed by atoms with van der Waals surface area (Å²) < 4.78 is 5.32. The summed E-state index contributed by atoms with van der Waals surface area (Å²) in [4.78, 5) is 19.8. The Balaban J connectivity index is 1.71. The molecule has 0 fully saturated rings. The van der Waals surface area contributed by atoms with Crippen molar-refractivity contribution in [3.05, 3.63) is 35.3 Å². The maximum absolute atomic E-state index is 11.9. The van der Waals surface area contributed by atoms with E-state index >= 15 is 0 Å². The third-order valence-corrected chi connectivity index (χ3v) is 4.53. The lowest BCUT2D eigenvalue weighted by molar-refractivity contribution is -0.120. The number of hydrogen-bond donors (Lipinski definition) is 2. The minimum atomic E-state index is -0.164. The van der Waals surface area contributed by atoms with Gasteiger partial charge in [0.25, 0.3) is 5.91 Å². The number of aromatic nitrogens is 2. The topological polar surface area (TPSA) is 67.0 Å². The average molecular weight is 343 g/mol. The zero-order valence-corrected chi connectivity index (χ0v) is 14.7. The third-order valence-electron chi connectivity index (χ3n) is 3.78. The van der Waals surface area contributed by atoms with E-state index in [0.29, 0.717) is 11.7 Å². The molecule has 0 saturated carbocycles. The van der Waals surface area contributed by atoms with Crippen LogP contribution in [0.3, 0.4) is 0 Å². The Morgan fingerprint density at radius 3 is 3.04 bits per heavy atom. The minimum Gasteiger partial charge on any atom is -0.372 e. The molecule has 3 aromatic rings. The van der Waals surface area contributed by atoms with Crippen molar-refractivity contribution in [3.8, 4) is 11.3 Å². The molecule has 2 N–H and O–H groups in total. The number of anilines is 1. The van der Waals surface area contributed by atoms with E-state index in [9.17, 15) is 4.79 Å². The molecule has 1 amide bonds. The smallest absolute Gasteiger partial charge is 0.252 e. The Labute approximate surface area is 145 Å². The molecule has 0 aliphatic carbocycles. The zero-order chi connectivity index (χ0) is 16.9. The number of carbonyl (C=O) groups is 1. The molecule has 2 heterocycles. The molecule has 0 bridgehead atoms. The van der Waals surface area contributed by atoms with Gasteiger partial charge in [-0.25, -0.2) is 4.98 Å². The zero-order valence-electron chi connectivity index (χ0n) is 13.9. The highest BCUT2D eigenvalue weighted by Gasteiger charge is 2.14. The van der Waals surface area contributed by atoms with Gasteiger partial charge in [0.2, 0.25) is 0 Å². The molecule has 5 nitrogen and oxygen atoms in total. The Morgan fingerprint density at radius 1 is 1.38 bits per heavy atom. The van der Waals surface area contributed by atoms with Crippen LogP contribution >= 0.6 is 11.3 Å². The number of H-pyrrole nitrogens is 1. The van der Waals surface area contributed by atoms with Crippen LogP contribution < -0.4 is 5.32 Å². The minimum absolute atomic E-state index is 0.0705. The lowest BCUT2D eigenvalue weighted by Gasteiger charge is -2.03. The van der Waals surface area contributed by atoms with Crippen LogP contribution in [0.5, 0.6) is 0 Å². The van der Waals surface area contributed by atoms with Gasteiger partial charge in [-0.2, -0.15) is 0 Å². The number of benzene rings is 1. The number of aromatic amines is 1. The summed E-state index contributed by atoms with van der Waals surface area (Å²) in [5, 5.41) is 6.51. The van der Waals surface area contributed by atoms with Crippen molar-refractivity contribution in [2.24, 2.45) is 0 Å². The van der Waals surface area contributed by atoms with Gasteiger partial charge in [-0.1, -0.05) is 31.5 Å². The molecular formula is C18H21N3O2S. The molecule has 0 unspecified atom stereocenters. The molecule has 3 rings (SSSR count). The van der Waals surface area contributed by atoms with Crippen molar-refractivity contribution in [2.75, 3.05) is 18.5 Å². The first-order valence-corrected chi connectivity index (χ1v) is 8.97. The van der Waals surface area contributed by atoms with Gasteiger partial charge in [0, 0.05) is 34.1 Å². The lowest BCUT2D eigenvalue weighted by Crippen LogP contribution is -2.18. The van der Waals surface area contributed by atoms with E-state index in [1.165, 1.54) is 11.3 Å². The fourth-order valence-electron chi connectivity index (χ4n) is 2.62. The quantitative estimate of drug-likeness (QED) is 0.627. The maximum Gasteiger partial charge on any atom is 0.252 e. The fraction of sp³-hybridized carbons (Fsp3) is 0.333. The molecule has 2 aromatic heterocycles. The van der Waals surface area contributed by atoms with E-state index in [-0.39, 0.29) is 12.5 Å². The largest absolute Gasteiger partial charge is 0.372 e. The molecule has 0 radical (unpaired) electrons. The van der Waals surface area contributed by atoms with Crippen molar-refractivity contribution in [2.45, 2.75) is 26.7 Å². The van der Waals surface area contributed by atoms with Crippen molar-refractivity contribution in [1.82, 2.24) is 9.97 Å². The number of aryl methyl sites for hydroxylation is 1. The van der Waals surface area contributed by atoms with Crippen LogP contribution in [-0.4, -0.2) is 29.1 Å². The molecule has 0 saturated heterocycles. The highest BCUT2D eigenvalue weighted by Crippen LogP contribution is 2.33. The normalized spacial score (nSPS) is 11.1. The molecule has 0 atom stereocenters. The predicted molar refractivity (Wildman–Crippen MR) is 98.5 cm³/mol. The van der Waals surface area contributed by atoms with Crippen LogP contribution in [0.15, 0.2) is 29.6 Å². The number of unbranched alkanes of at least 4 members (excludes halogenated alkanes) is 1. The number of hydrogen-bond acceptors (Lipinski definition) is 4. The third kappa shape index (κ3) is 3.66. The van der Waals surface area contributed by atoms with Crippen molar-refractivity contribution < 1.29 is 9.53 Å². The van der Waals surface area contributed by atoms with Crippen LogP contribution in [0.2, 0.25) is 0 Å². The summed E-state index contributed by atoms with van der Waals surface area (Å²) in [5.74, 6) is -0.164. The summed E-state index contributed by atoms with van der Waals surface area (Å²) in [6, 6.07) is 8.15. The number of rotatable bonds is 7. The van der Waals surface area contributed by atoms with Gasteiger partial charge < -0.3 is 9.72 Å². The molecule has 6 heteroatoms. The number of nitrogens with one attached hydrogen (secondary N) is 2. The summed E-state index contributed by atoms with van der Waals surface area (Å²) in [6.45, 7) is 4.81. The summed E-state index contributed by atoms with van der Waals surface area (Å²) >= 11 is 1.42. The molecule has 0 spiro atoms. The molecule has 0 aliphatic heterocycles. The maximum atomic E-state index is 11.9. The van der Waals surface area contributed by atoms with Crippen molar-refractivity contribution in [3.63, 3.8) is 0 Å². The van der Waals surface area contributed by atoms with Crippen molar-refractivity contribution >= 4 is 33.3 Å². The van der Waals surface area contributed by atoms with Crippen LogP contribution in [0.1, 0.15) is 25.5 Å². The van der Waals surface area contributed by atoms with Gasteiger partial charge in [0.15, 0.2) is 5.13 Å². The Morgan fingerprint density at radius 2 is 2.21 bits per heavy atom. The average Bonchev–Trinajstić information content (AvgIpc) is 3.14. The second-order valence-corrected chi connectivity index (χ2v) is 6.52. The van der Waals surface area contributed by atoms with Crippen molar-refractivity contribution in [1.29, 1.82) is 0 Å². The summed E-state index contributed by atoms with van der Waals surface area (Å²) in [7, 11) is 0. The second-order valence-electron chi connectivity index (χ2n) is 5.66. The lowest BCUT2D eigenvalue weighted by atomic mass is 10.1. The van der Waals surface area contributed by atoms with E-state index < -0.39 is 0 Å². The van der Waals surface area contributed by atoms with Gasteiger partial charge in [0.1, 0.15) is 6.61 Å². The van der Waals surface area contributed by atoms with E-state index in [1.807, 2.05) is 24.4 Å². The van der Waals surface area contributed by atoms with Gasteiger partial charge in [-0.05, 0) is 19.4 Å². The van der Waals surface area contributed by atoms with Crippen LogP contribution in [0.4, 0.5) is 5.13 Å². The Hall–Kier alpha value is -2.18. The van der Waals surface area contributed by atoms with E-state index in [4.69, 9.17) is 4.74 Å². The fourth-order valence-corrected chi connectivity index (χ4v) is 3.34. The molecule has 24 heavy (non-hydrogen) atoms. The molecule has 1 aromatic carbocycles. The standard InChI is InChI=1S/C18H21N3O2S/c1-3-4-9-23-10-16(22)21-18-20-15(11-24-18)17-12(2)19-14-8-6-5-7-13(14)17/h5-8,11,19H,3-4,9-10H2,1-2H3,(H,20,21,22). The summed E-state index contributed by atoms with van der Waals surface area (Å²) in [5.41, 5.74) is 4.12. The number of nitrogens with zero attached hydrogens (tertiary/aromatic N) is 1. The van der Waals surface area contributed by atoms with E-state index in [2.05, 4.69) is 34.3 Å². The first-order valence-electron chi connectivity index (χ1n) is 8.10. The number of para-hydroxylation sites is 1. The number of amides is 1. The number of ether oxygens (including phenoxy) is 1. The number of thiazole rings is 1. The molecule has 0 aliphatic rings. The van der Waals surface area contributed by atoms with Gasteiger partial charge in [0.05, 0.1) is 5.69 Å². The van der Waals surface area contributed by atoms with E-state index in [1.54, 1.807) is 0 Å². The van der Waals surface area contributed by atoms with Gasteiger partial charge >= 0.3 is 0 Å². The van der Waals surface area contributed by atoms with Gasteiger partial charge in [-0.3, -0.25) is 10.1 Å². The van der Waals surface area contributed by atoms with Gasteiger partial charge in [-0.15, -0.1) is 11.3 Å². The predicted octanol–water partition coefficient (Wildman–Crippen LogP) is 4.36. The highest BCUT2D eigenvalue weighted by molar-refractivity contribution is 7.14. The summed E-state index contributed by atoms with van der Waals surface area (Å²) in [6.07, 6.45) is 2.02. The van der Waals surface area contributed by atoms with E-state index in [0.717, 1.165) is 40.7 Å². The molecular weight excluding hydrogens is 322 g/mol. The highest BCUT2D eigenvalue weighted by atomic mass is 32.1. The first kappa shape index (κ1) is 16.7. The first-order chi connectivity index (χ1) is 11.7. The van der Waals surface area contributed by atoms with Crippen LogP contribution in [-0.2, 0) is 9.53 Å². The monoisotopic (exact) mass is 343 g/mol. The van der Waals surface area contributed by atoms with Crippen LogP contribution in [0, 0.1) is 6.92 Å². The Kier molecular flexibility index (Phi) is 5.27. The van der Waals surface area contributed by atoms with Crippen LogP contribution in [0.25, 0.3) is 22.2 Å². The number of fused-ring (bicyclic) bond motifs is 1. The molecule has 126 valence electrons. The second kappa shape index (κ2) is 7.59. The number of carbonyl (C=O) groups excluding carboxylic acids is 1.